The number of hydrogen-bond donors (Lipinski definition) is 1. The Labute approximate surface area is 97.5 Å². The minimum Gasteiger partial charge on any atom is -0.383 e. The number of nitrogen functional groups attached to an aromatic ring is 1. The second kappa shape index (κ2) is 3.99. The van der Waals surface area contributed by atoms with Crippen molar-refractivity contribution in [2.24, 2.45) is 5.92 Å². The predicted octanol–water partition coefficient (Wildman–Crippen LogP) is 2.20. The fourth-order valence-corrected chi connectivity index (χ4v) is 2.38. The molecule has 16 heavy (non-hydrogen) atoms. The quantitative estimate of drug-likeness (QED) is 0.882. The molecule has 2 aromatic heterocycles. The highest BCUT2D eigenvalue weighted by molar-refractivity contribution is 7.16. The molecule has 0 spiro atoms. The van der Waals surface area contributed by atoms with Crippen molar-refractivity contribution in [2.75, 3.05) is 12.3 Å². The molecule has 0 aliphatic heterocycles. The van der Waals surface area contributed by atoms with Gasteiger partial charge in [0.15, 0.2) is 5.82 Å². The number of rotatable bonds is 4. The van der Waals surface area contributed by atoms with Crippen LogP contribution in [0.1, 0.15) is 18.7 Å². The molecule has 0 bridgehead atoms. The lowest BCUT2D eigenvalue weighted by Gasteiger charge is -2.03. The van der Waals surface area contributed by atoms with Gasteiger partial charge in [-0.15, -0.1) is 11.3 Å². The second-order valence-corrected chi connectivity index (χ2v) is 5.02. The molecule has 0 saturated heterocycles. The SMILES string of the molecule is Nc1nc(COCC2CC2)nc2sccc12. The molecule has 0 radical (unpaired) electrons. The molecule has 84 valence electrons. The number of anilines is 1. The van der Waals surface area contributed by atoms with E-state index in [1.165, 1.54) is 12.8 Å². The Balaban J connectivity index is 1.74. The van der Waals surface area contributed by atoms with Gasteiger partial charge in [0.1, 0.15) is 17.3 Å². The van der Waals surface area contributed by atoms with Crippen LogP contribution in [0.15, 0.2) is 11.4 Å². The summed E-state index contributed by atoms with van der Waals surface area (Å²) in [6, 6.07) is 1.95. The second-order valence-electron chi connectivity index (χ2n) is 4.12. The van der Waals surface area contributed by atoms with Gasteiger partial charge in [-0.3, -0.25) is 0 Å². The first-order valence-electron chi connectivity index (χ1n) is 5.40. The van der Waals surface area contributed by atoms with Crippen LogP contribution in [0.3, 0.4) is 0 Å². The maximum absolute atomic E-state index is 5.85. The van der Waals surface area contributed by atoms with Crippen LogP contribution < -0.4 is 5.73 Å². The maximum atomic E-state index is 5.85. The normalized spacial score (nSPS) is 15.8. The van der Waals surface area contributed by atoms with E-state index in [9.17, 15) is 0 Å². The highest BCUT2D eigenvalue weighted by Crippen LogP contribution is 2.29. The zero-order chi connectivity index (χ0) is 11.0. The summed E-state index contributed by atoms with van der Waals surface area (Å²) in [6.07, 6.45) is 2.60. The third-order valence-electron chi connectivity index (χ3n) is 2.68. The first-order valence-corrected chi connectivity index (χ1v) is 6.28. The highest BCUT2D eigenvalue weighted by atomic mass is 32.1. The number of hydrogen-bond acceptors (Lipinski definition) is 5. The van der Waals surface area contributed by atoms with E-state index in [0.29, 0.717) is 18.2 Å². The van der Waals surface area contributed by atoms with Gasteiger partial charge in [0.05, 0.1) is 5.39 Å². The molecule has 2 aromatic rings. The van der Waals surface area contributed by atoms with E-state index in [1.807, 2.05) is 11.4 Å². The number of ether oxygens (including phenoxy) is 1. The van der Waals surface area contributed by atoms with Crippen LogP contribution in [0.2, 0.25) is 0 Å². The Hall–Kier alpha value is -1.20. The van der Waals surface area contributed by atoms with E-state index in [0.717, 1.165) is 22.7 Å². The van der Waals surface area contributed by atoms with Gasteiger partial charge in [0.25, 0.3) is 0 Å². The maximum Gasteiger partial charge on any atom is 0.158 e. The minimum absolute atomic E-state index is 0.467. The molecule has 0 unspecified atom stereocenters. The van der Waals surface area contributed by atoms with E-state index >= 15 is 0 Å². The summed E-state index contributed by atoms with van der Waals surface area (Å²) in [7, 11) is 0. The summed E-state index contributed by atoms with van der Waals surface area (Å²) in [5, 5.41) is 2.92. The van der Waals surface area contributed by atoms with E-state index < -0.39 is 0 Å². The zero-order valence-corrected chi connectivity index (χ0v) is 9.67. The number of nitrogens with two attached hydrogens (primary N) is 1. The molecule has 1 aliphatic carbocycles. The van der Waals surface area contributed by atoms with E-state index in [-0.39, 0.29) is 0 Å². The summed E-state index contributed by atoms with van der Waals surface area (Å²) in [6.45, 7) is 1.29. The Morgan fingerprint density at radius 3 is 3.12 bits per heavy atom. The molecule has 3 rings (SSSR count). The van der Waals surface area contributed by atoms with Gasteiger partial charge in [-0.05, 0) is 30.2 Å². The van der Waals surface area contributed by atoms with Crippen LogP contribution in [-0.4, -0.2) is 16.6 Å². The van der Waals surface area contributed by atoms with Gasteiger partial charge in [0, 0.05) is 6.61 Å². The standard InChI is InChI=1S/C11H13N3OS/c12-10-8-3-4-16-11(8)14-9(13-10)6-15-5-7-1-2-7/h3-4,7H,1-2,5-6H2,(H2,12,13,14). The van der Waals surface area contributed by atoms with Crippen LogP contribution in [0.5, 0.6) is 0 Å². The monoisotopic (exact) mass is 235 g/mol. The van der Waals surface area contributed by atoms with Crippen molar-refractivity contribution in [1.29, 1.82) is 0 Å². The molecule has 1 aliphatic rings. The minimum atomic E-state index is 0.467. The van der Waals surface area contributed by atoms with E-state index in [1.54, 1.807) is 11.3 Å². The number of aromatic nitrogens is 2. The third-order valence-corrected chi connectivity index (χ3v) is 3.49. The summed E-state index contributed by atoms with van der Waals surface area (Å²) in [5.74, 6) is 2.01. The Morgan fingerprint density at radius 2 is 2.31 bits per heavy atom. The van der Waals surface area contributed by atoms with Gasteiger partial charge in [-0.25, -0.2) is 9.97 Å². The fourth-order valence-electron chi connectivity index (χ4n) is 1.59. The summed E-state index contributed by atoms with van der Waals surface area (Å²) in [4.78, 5) is 9.60. The molecule has 2 N–H and O–H groups in total. The number of fused-ring (bicyclic) bond motifs is 1. The molecule has 2 heterocycles. The lowest BCUT2D eigenvalue weighted by molar-refractivity contribution is 0.106. The van der Waals surface area contributed by atoms with Crippen LogP contribution >= 0.6 is 11.3 Å². The molecule has 5 heteroatoms. The first-order chi connectivity index (χ1) is 7.83. The Morgan fingerprint density at radius 1 is 1.44 bits per heavy atom. The van der Waals surface area contributed by atoms with Crippen molar-refractivity contribution in [3.8, 4) is 0 Å². The molecule has 1 saturated carbocycles. The molecule has 4 nitrogen and oxygen atoms in total. The molecular formula is C11H13N3OS. The largest absolute Gasteiger partial charge is 0.383 e. The van der Waals surface area contributed by atoms with Gasteiger partial charge >= 0.3 is 0 Å². The van der Waals surface area contributed by atoms with E-state index in [2.05, 4.69) is 9.97 Å². The molecule has 0 atom stereocenters. The number of thiophene rings is 1. The van der Waals surface area contributed by atoms with Crippen molar-refractivity contribution in [1.82, 2.24) is 9.97 Å². The van der Waals surface area contributed by atoms with Gasteiger partial charge in [-0.2, -0.15) is 0 Å². The van der Waals surface area contributed by atoms with Crippen LogP contribution in [0.25, 0.3) is 10.2 Å². The third kappa shape index (κ3) is 2.01. The van der Waals surface area contributed by atoms with Crippen molar-refractivity contribution in [3.63, 3.8) is 0 Å². The first kappa shape index (κ1) is 9.99. The average Bonchev–Trinajstić information content (AvgIpc) is 2.94. The zero-order valence-electron chi connectivity index (χ0n) is 8.85. The van der Waals surface area contributed by atoms with Crippen molar-refractivity contribution in [2.45, 2.75) is 19.4 Å². The molecule has 0 amide bonds. The molecule has 1 fully saturated rings. The van der Waals surface area contributed by atoms with Gasteiger partial charge in [-0.1, -0.05) is 0 Å². The van der Waals surface area contributed by atoms with E-state index in [4.69, 9.17) is 10.5 Å². The smallest absolute Gasteiger partial charge is 0.158 e. The van der Waals surface area contributed by atoms with Crippen molar-refractivity contribution in [3.05, 3.63) is 17.3 Å². The van der Waals surface area contributed by atoms with Gasteiger partial charge < -0.3 is 10.5 Å². The fraction of sp³-hybridized carbons (Fsp3) is 0.455. The Kier molecular flexibility index (Phi) is 2.49. The topological polar surface area (TPSA) is 61.0 Å². The lowest BCUT2D eigenvalue weighted by Crippen LogP contribution is -2.03. The molecular weight excluding hydrogens is 222 g/mol. The highest BCUT2D eigenvalue weighted by Gasteiger charge is 2.21. The predicted molar refractivity (Wildman–Crippen MR) is 64.2 cm³/mol. The summed E-state index contributed by atoms with van der Waals surface area (Å²) < 4.78 is 5.55. The van der Waals surface area contributed by atoms with Crippen molar-refractivity contribution < 1.29 is 4.74 Å². The molecule has 0 aromatic carbocycles. The average molecular weight is 235 g/mol. The lowest BCUT2D eigenvalue weighted by atomic mass is 10.4. The summed E-state index contributed by atoms with van der Waals surface area (Å²) >= 11 is 1.58. The Bertz CT molecular complexity index is 507. The number of nitrogens with zero attached hydrogens (tertiary/aromatic N) is 2. The van der Waals surface area contributed by atoms with Crippen LogP contribution in [0.4, 0.5) is 5.82 Å². The van der Waals surface area contributed by atoms with Crippen LogP contribution in [0, 0.1) is 5.92 Å². The van der Waals surface area contributed by atoms with Gasteiger partial charge in [0.2, 0.25) is 0 Å². The summed E-state index contributed by atoms with van der Waals surface area (Å²) in [5.41, 5.74) is 5.85. The van der Waals surface area contributed by atoms with Crippen molar-refractivity contribution >= 4 is 27.4 Å². The van der Waals surface area contributed by atoms with Crippen LogP contribution in [-0.2, 0) is 11.3 Å².